The molecule has 132 valence electrons. The Balaban J connectivity index is 1.99. The van der Waals surface area contributed by atoms with E-state index in [1.54, 1.807) is 24.3 Å². The van der Waals surface area contributed by atoms with E-state index in [0.29, 0.717) is 12.2 Å². The summed E-state index contributed by atoms with van der Waals surface area (Å²) in [5.74, 6) is 0.493. The molecule has 0 aromatic heterocycles. The highest BCUT2D eigenvalue weighted by atomic mass is 79.9. The van der Waals surface area contributed by atoms with Gasteiger partial charge in [-0.1, -0.05) is 22.9 Å². The zero-order valence-corrected chi connectivity index (χ0v) is 16.9. The Morgan fingerprint density at radius 2 is 1.76 bits per heavy atom. The first-order valence-electron chi connectivity index (χ1n) is 8.02. The molecule has 2 rings (SSSR count). The molecule has 0 atom stereocenters. The summed E-state index contributed by atoms with van der Waals surface area (Å²) in [4.78, 5) is 12.3. The van der Waals surface area contributed by atoms with Crippen LogP contribution in [0.2, 0.25) is 0 Å². The summed E-state index contributed by atoms with van der Waals surface area (Å²) in [7, 11) is 0. The molecule has 0 radical (unpaired) electrons. The zero-order valence-electron chi connectivity index (χ0n) is 14.5. The van der Waals surface area contributed by atoms with Gasteiger partial charge >= 0.3 is 0 Å². The minimum atomic E-state index is -0.257. The van der Waals surface area contributed by atoms with E-state index in [-0.39, 0.29) is 11.0 Å². The third-order valence-electron chi connectivity index (χ3n) is 3.55. The second kappa shape index (κ2) is 8.97. The number of halogens is 1. The number of amides is 1. The maximum Gasteiger partial charge on any atom is 0.257 e. The fraction of sp³-hybridized carbons (Fsp3) is 0.263. The average molecular weight is 421 g/mol. The first-order chi connectivity index (χ1) is 11.9. The van der Waals surface area contributed by atoms with Crippen LogP contribution in [-0.2, 0) is 0 Å². The largest absolute Gasteiger partial charge is 0.494 e. The predicted octanol–water partition coefficient (Wildman–Crippen LogP) is 4.98. The van der Waals surface area contributed by atoms with Crippen molar-refractivity contribution in [3.05, 3.63) is 57.6 Å². The number of hydrogen-bond acceptors (Lipinski definition) is 3. The third-order valence-corrected chi connectivity index (χ3v) is 4.21. The van der Waals surface area contributed by atoms with Crippen LogP contribution in [0, 0.1) is 13.8 Å². The lowest BCUT2D eigenvalue weighted by molar-refractivity contribution is 0.0977. The average Bonchev–Trinajstić information content (AvgIpc) is 2.56. The second-order valence-corrected chi connectivity index (χ2v) is 7.02. The van der Waals surface area contributed by atoms with E-state index in [1.165, 1.54) is 0 Å². The Morgan fingerprint density at radius 1 is 1.16 bits per heavy atom. The molecule has 0 aliphatic rings. The smallest absolute Gasteiger partial charge is 0.257 e. The molecule has 2 N–H and O–H groups in total. The van der Waals surface area contributed by atoms with Gasteiger partial charge in [-0.05, 0) is 80.0 Å². The maximum atomic E-state index is 12.3. The minimum absolute atomic E-state index is 0.257. The van der Waals surface area contributed by atoms with Crippen molar-refractivity contribution in [2.45, 2.75) is 27.2 Å². The first kappa shape index (κ1) is 19.4. The molecule has 0 saturated carbocycles. The van der Waals surface area contributed by atoms with Crippen molar-refractivity contribution < 1.29 is 9.53 Å². The Morgan fingerprint density at radius 3 is 2.32 bits per heavy atom. The van der Waals surface area contributed by atoms with Crippen LogP contribution in [0.25, 0.3) is 0 Å². The normalized spacial score (nSPS) is 10.2. The van der Waals surface area contributed by atoms with Gasteiger partial charge in [-0.2, -0.15) is 0 Å². The Labute approximate surface area is 162 Å². The van der Waals surface area contributed by atoms with Crippen molar-refractivity contribution in [3.8, 4) is 5.75 Å². The molecule has 0 unspecified atom stereocenters. The number of carbonyl (C=O) groups excluding carboxylic acids is 1. The van der Waals surface area contributed by atoms with Crippen LogP contribution in [0.15, 0.2) is 40.9 Å². The van der Waals surface area contributed by atoms with Crippen LogP contribution in [0.4, 0.5) is 5.69 Å². The summed E-state index contributed by atoms with van der Waals surface area (Å²) >= 11 is 8.73. The van der Waals surface area contributed by atoms with Gasteiger partial charge in [0.15, 0.2) is 5.11 Å². The van der Waals surface area contributed by atoms with E-state index >= 15 is 0 Å². The molecule has 1 amide bonds. The highest BCUT2D eigenvalue weighted by Crippen LogP contribution is 2.25. The fourth-order valence-electron chi connectivity index (χ4n) is 2.35. The van der Waals surface area contributed by atoms with Crippen molar-refractivity contribution in [2.75, 3.05) is 11.9 Å². The van der Waals surface area contributed by atoms with E-state index in [9.17, 15) is 4.79 Å². The summed E-state index contributed by atoms with van der Waals surface area (Å²) in [5.41, 5.74) is 3.51. The van der Waals surface area contributed by atoms with E-state index in [2.05, 4.69) is 26.6 Å². The van der Waals surface area contributed by atoms with E-state index < -0.39 is 0 Å². The van der Waals surface area contributed by atoms with Gasteiger partial charge in [-0.3, -0.25) is 10.1 Å². The zero-order chi connectivity index (χ0) is 18.4. The number of thiocarbonyl (C=S) groups is 1. The summed E-state index contributed by atoms with van der Waals surface area (Å²) in [6, 6.07) is 11.0. The highest BCUT2D eigenvalue weighted by Gasteiger charge is 2.11. The second-order valence-electron chi connectivity index (χ2n) is 5.70. The number of nitrogens with one attached hydrogen (secondary N) is 2. The standard InChI is InChI=1S/C19H21BrN2O2S/c1-4-9-24-16-7-5-14(6-8-16)18(23)22-19(25)21-17-12(2)10-15(20)11-13(17)3/h5-8,10-11H,4,9H2,1-3H3,(H2,21,22,23,25). The molecule has 4 nitrogen and oxygen atoms in total. The Bertz CT molecular complexity index is 752. The monoisotopic (exact) mass is 420 g/mol. The van der Waals surface area contributed by atoms with Gasteiger partial charge in [0.1, 0.15) is 5.75 Å². The molecule has 0 aliphatic heterocycles. The SMILES string of the molecule is CCCOc1ccc(C(=O)NC(=S)Nc2c(C)cc(Br)cc2C)cc1. The number of rotatable bonds is 5. The van der Waals surface area contributed by atoms with Crippen molar-refractivity contribution in [2.24, 2.45) is 0 Å². The lowest BCUT2D eigenvalue weighted by atomic mass is 10.1. The molecule has 25 heavy (non-hydrogen) atoms. The fourth-order valence-corrected chi connectivity index (χ4v) is 3.23. The number of ether oxygens (including phenoxy) is 1. The van der Waals surface area contributed by atoms with Gasteiger partial charge in [0, 0.05) is 15.7 Å². The summed E-state index contributed by atoms with van der Waals surface area (Å²) in [6.07, 6.45) is 0.942. The summed E-state index contributed by atoms with van der Waals surface area (Å²) in [6.45, 7) is 6.68. The number of anilines is 1. The number of benzene rings is 2. The van der Waals surface area contributed by atoms with Gasteiger partial charge in [0.2, 0.25) is 0 Å². The predicted molar refractivity (Wildman–Crippen MR) is 110 cm³/mol. The highest BCUT2D eigenvalue weighted by molar-refractivity contribution is 9.10. The Hall–Kier alpha value is -1.92. The number of carbonyl (C=O) groups is 1. The minimum Gasteiger partial charge on any atom is -0.494 e. The van der Waals surface area contributed by atoms with Crippen molar-refractivity contribution in [1.82, 2.24) is 5.32 Å². The van der Waals surface area contributed by atoms with Gasteiger partial charge < -0.3 is 10.1 Å². The van der Waals surface area contributed by atoms with Crippen molar-refractivity contribution >= 4 is 44.9 Å². The van der Waals surface area contributed by atoms with Crippen LogP contribution >= 0.6 is 28.1 Å². The molecule has 0 heterocycles. The van der Waals surface area contributed by atoms with E-state index in [4.69, 9.17) is 17.0 Å². The Kier molecular flexibility index (Phi) is 6.96. The molecule has 0 bridgehead atoms. The van der Waals surface area contributed by atoms with E-state index in [0.717, 1.165) is 33.5 Å². The van der Waals surface area contributed by atoms with Gasteiger partial charge in [-0.25, -0.2) is 0 Å². The quantitative estimate of drug-likeness (QED) is 0.669. The van der Waals surface area contributed by atoms with E-state index in [1.807, 2.05) is 32.9 Å². The van der Waals surface area contributed by atoms with Crippen LogP contribution in [-0.4, -0.2) is 17.6 Å². The van der Waals surface area contributed by atoms with Crippen LogP contribution in [0.5, 0.6) is 5.75 Å². The summed E-state index contributed by atoms with van der Waals surface area (Å²) < 4.78 is 6.52. The molecule has 0 spiro atoms. The van der Waals surface area contributed by atoms with Crippen molar-refractivity contribution in [1.29, 1.82) is 0 Å². The topological polar surface area (TPSA) is 50.4 Å². The molecule has 0 saturated heterocycles. The van der Waals surface area contributed by atoms with Gasteiger partial charge in [0.05, 0.1) is 6.61 Å². The molecule has 0 aliphatic carbocycles. The van der Waals surface area contributed by atoms with Crippen LogP contribution < -0.4 is 15.4 Å². The third kappa shape index (κ3) is 5.54. The molecular formula is C19H21BrN2O2S. The van der Waals surface area contributed by atoms with Crippen LogP contribution in [0.3, 0.4) is 0 Å². The lowest BCUT2D eigenvalue weighted by Gasteiger charge is -2.15. The summed E-state index contributed by atoms with van der Waals surface area (Å²) in [5, 5.41) is 6.07. The first-order valence-corrected chi connectivity index (χ1v) is 9.22. The lowest BCUT2D eigenvalue weighted by Crippen LogP contribution is -2.34. The molecule has 2 aromatic carbocycles. The van der Waals surface area contributed by atoms with Crippen molar-refractivity contribution in [3.63, 3.8) is 0 Å². The maximum absolute atomic E-state index is 12.3. The molecule has 2 aromatic rings. The molecule has 6 heteroatoms. The molecular weight excluding hydrogens is 400 g/mol. The van der Waals surface area contributed by atoms with Crippen LogP contribution in [0.1, 0.15) is 34.8 Å². The molecule has 0 fully saturated rings. The number of aryl methyl sites for hydroxylation is 2. The van der Waals surface area contributed by atoms with Gasteiger partial charge in [0.25, 0.3) is 5.91 Å². The number of hydrogen-bond donors (Lipinski definition) is 2. The van der Waals surface area contributed by atoms with Gasteiger partial charge in [-0.15, -0.1) is 0 Å².